The quantitative estimate of drug-likeness (QED) is 0.808. The van der Waals surface area contributed by atoms with Gasteiger partial charge in [0.1, 0.15) is 0 Å². The molecule has 1 amide bonds. The molecule has 1 N–H and O–H groups in total. The predicted octanol–water partition coefficient (Wildman–Crippen LogP) is 1.96. The number of aliphatic hydroxyl groups is 1. The van der Waals surface area contributed by atoms with E-state index in [2.05, 4.69) is 0 Å². The Bertz CT molecular complexity index is 424. The van der Waals surface area contributed by atoms with Crippen molar-refractivity contribution in [1.29, 1.82) is 0 Å². The molecule has 1 atom stereocenters. The molecule has 3 heteroatoms. The number of rotatable bonds is 4. The summed E-state index contributed by atoms with van der Waals surface area (Å²) < 4.78 is 0. The van der Waals surface area contributed by atoms with Gasteiger partial charge in [-0.05, 0) is 31.4 Å². The van der Waals surface area contributed by atoms with Gasteiger partial charge < -0.3 is 10.0 Å². The lowest BCUT2D eigenvalue weighted by molar-refractivity contribution is -0.126. The topological polar surface area (TPSA) is 40.3 Å². The Kier molecular flexibility index (Phi) is 3.48. The number of hydrogen-bond acceptors (Lipinski definition) is 2. The molecule has 0 radical (unpaired) electrons. The molecule has 0 aromatic heterocycles. The van der Waals surface area contributed by atoms with Gasteiger partial charge in [0.15, 0.2) is 0 Å². The van der Waals surface area contributed by atoms with Crippen LogP contribution in [-0.4, -0.2) is 29.0 Å². The molecule has 0 aliphatic carbocycles. The van der Waals surface area contributed by atoms with Gasteiger partial charge in [0.25, 0.3) is 0 Å². The van der Waals surface area contributed by atoms with Gasteiger partial charge in [-0.15, -0.1) is 0 Å². The highest BCUT2D eigenvalue weighted by Gasteiger charge is 2.24. The third-order valence-electron chi connectivity index (χ3n) is 3.23. The summed E-state index contributed by atoms with van der Waals surface area (Å²) in [5.41, 5.74) is 3.17. The fourth-order valence-electron chi connectivity index (χ4n) is 1.99. The Labute approximate surface area is 102 Å². The molecule has 1 unspecified atom stereocenters. The number of hydrogen-bond donors (Lipinski definition) is 1. The van der Waals surface area contributed by atoms with E-state index in [4.69, 9.17) is 0 Å². The molecule has 17 heavy (non-hydrogen) atoms. The molecule has 2 rings (SSSR count). The third-order valence-corrected chi connectivity index (χ3v) is 3.23. The average Bonchev–Trinajstić information content (AvgIpc) is 3.12. The standard InChI is InChI=1S/C14H19NO2/c1-10-3-4-11(2)12(9-10)13(16)5-6-14(17)15-7-8-15/h3-4,9,13,16H,5-8H2,1-2H3. The lowest BCUT2D eigenvalue weighted by atomic mass is 9.98. The van der Waals surface area contributed by atoms with Crippen LogP contribution in [0.5, 0.6) is 0 Å². The van der Waals surface area contributed by atoms with Gasteiger partial charge in [0, 0.05) is 19.5 Å². The fraction of sp³-hybridized carbons (Fsp3) is 0.500. The van der Waals surface area contributed by atoms with Crippen LogP contribution >= 0.6 is 0 Å². The SMILES string of the molecule is Cc1ccc(C)c(C(O)CCC(=O)N2CC2)c1. The Balaban J connectivity index is 1.96. The molecule has 1 fully saturated rings. The summed E-state index contributed by atoms with van der Waals surface area (Å²) in [6.45, 7) is 5.78. The highest BCUT2D eigenvalue weighted by molar-refractivity contribution is 5.78. The van der Waals surface area contributed by atoms with Crippen LogP contribution in [0.15, 0.2) is 18.2 Å². The molecule has 1 aromatic carbocycles. The van der Waals surface area contributed by atoms with Crippen LogP contribution in [0.4, 0.5) is 0 Å². The van der Waals surface area contributed by atoms with Crippen LogP contribution in [-0.2, 0) is 4.79 Å². The second-order valence-electron chi connectivity index (χ2n) is 4.80. The Morgan fingerprint density at radius 1 is 1.41 bits per heavy atom. The van der Waals surface area contributed by atoms with Crippen molar-refractivity contribution in [2.45, 2.75) is 32.8 Å². The summed E-state index contributed by atoms with van der Waals surface area (Å²) in [7, 11) is 0. The third kappa shape index (κ3) is 3.07. The van der Waals surface area contributed by atoms with Crippen molar-refractivity contribution in [2.75, 3.05) is 13.1 Å². The highest BCUT2D eigenvalue weighted by Crippen LogP contribution is 2.24. The Morgan fingerprint density at radius 3 is 2.76 bits per heavy atom. The van der Waals surface area contributed by atoms with Crippen molar-refractivity contribution in [3.63, 3.8) is 0 Å². The molecule has 0 spiro atoms. The molecule has 0 saturated carbocycles. The van der Waals surface area contributed by atoms with E-state index in [0.29, 0.717) is 12.8 Å². The number of benzene rings is 1. The first-order valence-corrected chi connectivity index (χ1v) is 6.11. The maximum absolute atomic E-state index is 11.5. The van der Waals surface area contributed by atoms with Crippen LogP contribution in [0.25, 0.3) is 0 Å². The van der Waals surface area contributed by atoms with Gasteiger partial charge in [-0.2, -0.15) is 0 Å². The molecular formula is C14H19NO2. The molecule has 1 saturated heterocycles. The van der Waals surface area contributed by atoms with Crippen molar-refractivity contribution < 1.29 is 9.90 Å². The van der Waals surface area contributed by atoms with Crippen molar-refractivity contribution in [1.82, 2.24) is 4.90 Å². The van der Waals surface area contributed by atoms with Crippen molar-refractivity contribution >= 4 is 5.91 Å². The van der Waals surface area contributed by atoms with E-state index in [1.54, 1.807) is 4.90 Å². The van der Waals surface area contributed by atoms with Gasteiger partial charge in [-0.3, -0.25) is 4.79 Å². The smallest absolute Gasteiger partial charge is 0.222 e. The number of amides is 1. The van der Waals surface area contributed by atoms with Gasteiger partial charge in [0.05, 0.1) is 6.10 Å². The van der Waals surface area contributed by atoms with Crippen LogP contribution < -0.4 is 0 Å². The van der Waals surface area contributed by atoms with E-state index in [-0.39, 0.29) is 5.91 Å². The Hall–Kier alpha value is -1.35. The van der Waals surface area contributed by atoms with Crippen LogP contribution in [0.3, 0.4) is 0 Å². The van der Waals surface area contributed by atoms with Gasteiger partial charge in [-0.1, -0.05) is 23.8 Å². The average molecular weight is 233 g/mol. The van der Waals surface area contributed by atoms with E-state index >= 15 is 0 Å². The lowest BCUT2D eigenvalue weighted by Crippen LogP contribution is -2.12. The number of carbonyl (C=O) groups excluding carboxylic acids is 1. The minimum Gasteiger partial charge on any atom is -0.388 e. The summed E-state index contributed by atoms with van der Waals surface area (Å²) in [5.74, 6) is 0.161. The number of aliphatic hydroxyl groups excluding tert-OH is 1. The molecule has 3 nitrogen and oxygen atoms in total. The summed E-state index contributed by atoms with van der Waals surface area (Å²) >= 11 is 0. The van der Waals surface area contributed by atoms with Crippen molar-refractivity contribution in [3.05, 3.63) is 34.9 Å². The van der Waals surface area contributed by atoms with Crippen LogP contribution in [0.1, 0.15) is 35.6 Å². The monoisotopic (exact) mass is 233 g/mol. The van der Waals surface area contributed by atoms with E-state index in [9.17, 15) is 9.90 Å². The van der Waals surface area contributed by atoms with E-state index in [1.165, 1.54) is 0 Å². The first-order valence-electron chi connectivity index (χ1n) is 6.11. The van der Waals surface area contributed by atoms with E-state index < -0.39 is 6.10 Å². The molecule has 92 valence electrons. The molecular weight excluding hydrogens is 214 g/mol. The van der Waals surface area contributed by atoms with Crippen molar-refractivity contribution in [2.24, 2.45) is 0 Å². The normalized spacial score (nSPS) is 15.8. The second kappa shape index (κ2) is 4.88. The molecule has 0 bridgehead atoms. The largest absolute Gasteiger partial charge is 0.388 e. The maximum Gasteiger partial charge on any atom is 0.222 e. The minimum atomic E-state index is -0.529. The van der Waals surface area contributed by atoms with Crippen LogP contribution in [0, 0.1) is 13.8 Å². The second-order valence-corrected chi connectivity index (χ2v) is 4.80. The lowest BCUT2D eigenvalue weighted by Gasteiger charge is -2.14. The number of aryl methyl sites for hydroxylation is 2. The number of nitrogens with zero attached hydrogens (tertiary/aromatic N) is 1. The number of carbonyl (C=O) groups is 1. The minimum absolute atomic E-state index is 0.161. The summed E-state index contributed by atoms with van der Waals surface area (Å²) in [6, 6.07) is 6.05. The van der Waals surface area contributed by atoms with Crippen LogP contribution in [0.2, 0.25) is 0 Å². The summed E-state index contributed by atoms with van der Waals surface area (Å²) in [4.78, 5) is 13.3. The zero-order valence-electron chi connectivity index (χ0n) is 10.4. The fourth-order valence-corrected chi connectivity index (χ4v) is 1.99. The predicted molar refractivity (Wildman–Crippen MR) is 66.7 cm³/mol. The Morgan fingerprint density at radius 2 is 2.12 bits per heavy atom. The zero-order chi connectivity index (χ0) is 12.4. The maximum atomic E-state index is 11.5. The molecule has 1 aromatic rings. The first kappa shape index (κ1) is 12.1. The summed E-state index contributed by atoms with van der Waals surface area (Å²) in [5, 5.41) is 10.1. The first-order chi connectivity index (χ1) is 8.08. The zero-order valence-corrected chi connectivity index (χ0v) is 10.4. The summed E-state index contributed by atoms with van der Waals surface area (Å²) in [6.07, 6.45) is 0.424. The molecule has 1 heterocycles. The highest BCUT2D eigenvalue weighted by atomic mass is 16.3. The van der Waals surface area contributed by atoms with E-state index in [0.717, 1.165) is 29.8 Å². The van der Waals surface area contributed by atoms with Gasteiger partial charge in [0.2, 0.25) is 5.91 Å². The van der Waals surface area contributed by atoms with Gasteiger partial charge >= 0.3 is 0 Å². The van der Waals surface area contributed by atoms with Gasteiger partial charge in [-0.25, -0.2) is 0 Å². The van der Waals surface area contributed by atoms with E-state index in [1.807, 2.05) is 32.0 Å². The molecule has 1 aliphatic rings. The molecule has 1 aliphatic heterocycles. The van der Waals surface area contributed by atoms with Crippen molar-refractivity contribution in [3.8, 4) is 0 Å².